The number of piperidine rings is 1. The van der Waals surface area contributed by atoms with Crippen LogP contribution in [0.25, 0.3) is 0 Å². The van der Waals surface area contributed by atoms with Gasteiger partial charge in [-0.25, -0.2) is 0 Å². The van der Waals surface area contributed by atoms with Crippen molar-refractivity contribution in [2.24, 2.45) is 35.5 Å². The number of rotatable bonds is 7. The van der Waals surface area contributed by atoms with Gasteiger partial charge in [0.05, 0.1) is 6.04 Å². The number of terminal acetylenes is 1. The van der Waals surface area contributed by atoms with Crippen molar-refractivity contribution in [3.05, 3.63) is 0 Å². The lowest BCUT2D eigenvalue weighted by Crippen LogP contribution is -2.50. The van der Waals surface area contributed by atoms with Crippen LogP contribution in [-0.2, 0) is 0 Å². The van der Waals surface area contributed by atoms with E-state index < -0.39 is 0 Å². The quantitative estimate of drug-likeness (QED) is 0.576. The number of likely N-dealkylation sites (tertiary alicyclic amines) is 1. The first-order chi connectivity index (χ1) is 10.4. The summed E-state index contributed by atoms with van der Waals surface area (Å²) >= 11 is 0. The second-order valence-electron chi connectivity index (χ2n) is 8.13. The molecule has 0 aliphatic carbocycles. The van der Waals surface area contributed by atoms with Gasteiger partial charge in [-0.15, -0.1) is 6.42 Å². The van der Waals surface area contributed by atoms with E-state index in [1.54, 1.807) is 0 Å². The number of hydrogen-bond acceptors (Lipinski definition) is 1. The third-order valence-electron chi connectivity index (χ3n) is 6.40. The summed E-state index contributed by atoms with van der Waals surface area (Å²) in [7, 11) is 0. The zero-order chi connectivity index (χ0) is 16.9. The summed E-state index contributed by atoms with van der Waals surface area (Å²) in [5.74, 6) is 7.57. The summed E-state index contributed by atoms with van der Waals surface area (Å²) in [4.78, 5) is 2.63. The third-order valence-corrected chi connectivity index (χ3v) is 6.40. The van der Waals surface area contributed by atoms with Crippen LogP contribution in [0.5, 0.6) is 0 Å². The average Bonchev–Trinajstić information content (AvgIpc) is 2.49. The zero-order valence-corrected chi connectivity index (χ0v) is 16.1. The minimum atomic E-state index is 0.314. The van der Waals surface area contributed by atoms with E-state index in [1.807, 2.05) is 0 Å². The molecule has 1 nitrogen and oxygen atoms in total. The molecular weight excluding hydrogens is 266 g/mol. The van der Waals surface area contributed by atoms with E-state index in [1.165, 1.54) is 32.4 Å². The van der Waals surface area contributed by atoms with Gasteiger partial charge in [0.2, 0.25) is 0 Å². The molecule has 1 aliphatic heterocycles. The Balaban J connectivity index is 2.98. The Kier molecular flexibility index (Phi) is 7.98. The fourth-order valence-corrected chi connectivity index (χ4v) is 4.46. The van der Waals surface area contributed by atoms with Crippen molar-refractivity contribution in [3.8, 4) is 12.3 Å². The first-order valence-corrected chi connectivity index (χ1v) is 9.57. The molecule has 1 aliphatic rings. The standard InChI is InChI=1S/C21H39N/c1-9-16(6)19(10-2)21(15(4)5)20(11-3)22-13-12-17(7)18(8)14-22/h3,15-21H,9-10,12-14H2,1-2,4-8H3. The predicted molar refractivity (Wildman–Crippen MR) is 98.7 cm³/mol. The second-order valence-corrected chi connectivity index (χ2v) is 8.13. The van der Waals surface area contributed by atoms with E-state index in [4.69, 9.17) is 6.42 Å². The highest BCUT2D eigenvalue weighted by atomic mass is 15.2. The monoisotopic (exact) mass is 305 g/mol. The Hall–Kier alpha value is -0.480. The predicted octanol–water partition coefficient (Wildman–Crippen LogP) is 5.31. The molecule has 0 aromatic heterocycles. The summed E-state index contributed by atoms with van der Waals surface area (Å²) in [6, 6.07) is 0.314. The van der Waals surface area contributed by atoms with Crippen LogP contribution in [0, 0.1) is 47.9 Å². The second kappa shape index (κ2) is 8.97. The highest BCUT2D eigenvalue weighted by Gasteiger charge is 2.37. The first kappa shape index (κ1) is 19.6. The highest BCUT2D eigenvalue weighted by Crippen LogP contribution is 2.37. The Morgan fingerprint density at radius 2 is 1.73 bits per heavy atom. The van der Waals surface area contributed by atoms with Crippen molar-refractivity contribution in [2.45, 2.75) is 73.8 Å². The molecule has 6 unspecified atom stereocenters. The van der Waals surface area contributed by atoms with Gasteiger partial charge >= 0.3 is 0 Å². The first-order valence-electron chi connectivity index (χ1n) is 9.57. The Morgan fingerprint density at radius 1 is 1.09 bits per heavy atom. The van der Waals surface area contributed by atoms with Gasteiger partial charge in [0, 0.05) is 6.54 Å². The van der Waals surface area contributed by atoms with Crippen molar-refractivity contribution in [1.82, 2.24) is 4.90 Å². The van der Waals surface area contributed by atoms with Crippen LogP contribution >= 0.6 is 0 Å². The lowest BCUT2D eigenvalue weighted by Gasteiger charge is -2.45. The maximum Gasteiger partial charge on any atom is 0.0745 e. The highest BCUT2D eigenvalue weighted by molar-refractivity contribution is 5.07. The van der Waals surface area contributed by atoms with Gasteiger partial charge in [-0.2, -0.15) is 0 Å². The molecule has 0 amide bonds. The molecule has 22 heavy (non-hydrogen) atoms. The Bertz CT molecular complexity index is 353. The van der Waals surface area contributed by atoms with Gasteiger partial charge < -0.3 is 0 Å². The maximum absolute atomic E-state index is 6.06. The number of hydrogen-bond donors (Lipinski definition) is 0. The normalized spacial score (nSPS) is 28.9. The lowest BCUT2D eigenvalue weighted by atomic mass is 9.70. The van der Waals surface area contributed by atoms with E-state index in [2.05, 4.69) is 59.3 Å². The summed E-state index contributed by atoms with van der Waals surface area (Å²) < 4.78 is 0. The van der Waals surface area contributed by atoms with Gasteiger partial charge in [0.1, 0.15) is 0 Å². The lowest BCUT2D eigenvalue weighted by molar-refractivity contribution is 0.0423. The van der Waals surface area contributed by atoms with E-state index in [0.717, 1.165) is 23.7 Å². The van der Waals surface area contributed by atoms with Crippen LogP contribution in [0.15, 0.2) is 0 Å². The van der Waals surface area contributed by atoms with Crippen molar-refractivity contribution >= 4 is 0 Å². The molecule has 1 heteroatoms. The Labute approximate surface area is 140 Å². The van der Waals surface area contributed by atoms with E-state index >= 15 is 0 Å². The van der Waals surface area contributed by atoms with E-state index in [-0.39, 0.29) is 0 Å². The van der Waals surface area contributed by atoms with Crippen molar-refractivity contribution in [3.63, 3.8) is 0 Å². The molecule has 0 bridgehead atoms. The molecule has 0 N–H and O–H groups in total. The molecule has 0 aromatic rings. The molecule has 1 rings (SSSR count). The molecular formula is C21H39N. The SMILES string of the molecule is C#CC(C(C(C)C)C(CC)C(C)CC)N1CCC(C)C(C)C1. The van der Waals surface area contributed by atoms with Gasteiger partial charge in [0.25, 0.3) is 0 Å². The van der Waals surface area contributed by atoms with Crippen LogP contribution in [0.3, 0.4) is 0 Å². The maximum atomic E-state index is 6.06. The van der Waals surface area contributed by atoms with E-state index in [9.17, 15) is 0 Å². The molecule has 1 heterocycles. The molecule has 128 valence electrons. The third kappa shape index (κ3) is 4.51. The van der Waals surface area contributed by atoms with Crippen LogP contribution in [0.1, 0.15) is 67.7 Å². The fraction of sp³-hybridized carbons (Fsp3) is 0.905. The molecule has 0 radical (unpaired) electrons. The molecule has 0 aromatic carbocycles. The van der Waals surface area contributed by atoms with Gasteiger partial charge in [0.15, 0.2) is 0 Å². The minimum Gasteiger partial charge on any atom is -0.289 e. The molecule has 6 atom stereocenters. The summed E-state index contributed by atoms with van der Waals surface area (Å²) in [6.07, 6.45) is 9.86. The van der Waals surface area contributed by atoms with Gasteiger partial charge in [-0.3, -0.25) is 4.90 Å². The smallest absolute Gasteiger partial charge is 0.0745 e. The summed E-state index contributed by atoms with van der Waals surface area (Å²) in [5.41, 5.74) is 0. The van der Waals surface area contributed by atoms with Crippen LogP contribution in [-0.4, -0.2) is 24.0 Å². The van der Waals surface area contributed by atoms with Crippen molar-refractivity contribution in [2.75, 3.05) is 13.1 Å². The van der Waals surface area contributed by atoms with Crippen molar-refractivity contribution in [1.29, 1.82) is 0 Å². The molecule has 1 fully saturated rings. The minimum absolute atomic E-state index is 0.314. The number of nitrogens with zero attached hydrogens (tertiary/aromatic N) is 1. The van der Waals surface area contributed by atoms with Crippen LogP contribution < -0.4 is 0 Å². The van der Waals surface area contributed by atoms with Gasteiger partial charge in [-0.05, 0) is 48.5 Å². The zero-order valence-electron chi connectivity index (χ0n) is 16.1. The molecule has 0 saturated carbocycles. The summed E-state index contributed by atoms with van der Waals surface area (Å²) in [5, 5.41) is 0. The van der Waals surface area contributed by atoms with Crippen LogP contribution in [0.4, 0.5) is 0 Å². The van der Waals surface area contributed by atoms with E-state index in [0.29, 0.717) is 17.9 Å². The average molecular weight is 306 g/mol. The largest absolute Gasteiger partial charge is 0.289 e. The van der Waals surface area contributed by atoms with Gasteiger partial charge in [-0.1, -0.05) is 67.2 Å². The summed E-state index contributed by atoms with van der Waals surface area (Å²) in [6.45, 7) is 19.0. The fourth-order valence-electron chi connectivity index (χ4n) is 4.46. The molecule has 0 spiro atoms. The Morgan fingerprint density at radius 3 is 2.14 bits per heavy atom. The topological polar surface area (TPSA) is 3.24 Å². The molecule has 1 saturated heterocycles. The van der Waals surface area contributed by atoms with Crippen LogP contribution in [0.2, 0.25) is 0 Å². The van der Waals surface area contributed by atoms with Crippen molar-refractivity contribution < 1.29 is 0 Å².